The maximum Gasteiger partial charge on any atom is 0.334 e. The van der Waals surface area contributed by atoms with E-state index in [1.165, 1.54) is 0 Å². The Balaban J connectivity index is 3.49. The Morgan fingerprint density at radius 2 is 1.85 bits per heavy atom. The van der Waals surface area contributed by atoms with Crippen molar-refractivity contribution in [1.29, 1.82) is 0 Å². The van der Waals surface area contributed by atoms with Crippen molar-refractivity contribution in [2.75, 3.05) is 20.8 Å². The molecule has 0 aromatic heterocycles. The minimum atomic E-state index is -1.86. The lowest BCUT2D eigenvalue weighted by atomic mass is 10.5. The molecule has 0 unspecified atom stereocenters. The second kappa shape index (κ2) is 7.12. The van der Waals surface area contributed by atoms with Crippen molar-refractivity contribution in [2.24, 2.45) is 0 Å². The molecule has 0 bridgehead atoms. The van der Waals surface area contributed by atoms with Crippen LogP contribution in [0.2, 0.25) is 12.6 Å². The van der Waals surface area contributed by atoms with Gasteiger partial charge in [-0.3, -0.25) is 0 Å². The predicted octanol–water partition coefficient (Wildman–Crippen LogP) is 2.29. The van der Waals surface area contributed by atoms with Gasteiger partial charge in [-0.05, 0) is 25.9 Å². The normalized spacial score (nSPS) is 12.3. The summed E-state index contributed by atoms with van der Waals surface area (Å²) in [4.78, 5) is 0. The van der Waals surface area contributed by atoms with Crippen LogP contribution in [-0.4, -0.2) is 29.4 Å². The van der Waals surface area contributed by atoms with E-state index in [1.807, 2.05) is 13.0 Å². The van der Waals surface area contributed by atoms with Crippen LogP contribution in [0.1, 0.15) is 13.3 Å². The summed E-state index contributed by atoms with van der Waals surface area (Å²) in [5.41, 5.74) is 0. The molecule has 0 aliphatic rings. The molecule has 78 valence electrons. The van der Waals surface area contributed by atoms with Crippen LogP contribution in [0.25, 0.3) is 0 Å². The van der Waals surface area contributed by atoms with E-state index in [1.54, 1.807) is 20.5 Å². The van der Waals surface area contributed by atoms with E-state index in [9.17, 15) is 0 Å². The van der Waals surface area contributed by atoms with Crippen LogP contribution in [0.3, 0.4) is 0 Å². The van der Waals surface area contributed by atoms with E-state index < -0.39 is 8.56 Å². The molecular formula is C9H20O3Si. The Morgan fingerprint density at radius 3 is 2.31 bits per heavy atom. The molecule has 0 aliphatic heterocycles. The molecule has 0 heterocycles. The topological polar surface area (TPSA) is 27.7 Å². The van der Waals surface area contributed by atoms with Crippen molar-refractivity contribution in [2.45, 2.75) is 25.9 Å². The molecule has 0 aliphatic carbocycles. The van der Waals surface area contributed by atoms with Gasteiger partial charge in [-0.1, -0.05) is 6.08 Å². The fraction of sp³-hybridized carbons (Fsp3) is 0.778. The highest BCUT2D eigenvalue weighted by molar-refractivity contribution is 6.65. The highest BCUT2D eigenvalue weighted by atomic mass is 28.4. The lowest BCUT2D eigenvalue weighted by Gasteiger charge is -2.22. The smallest absolute Gasteiger partial charge is 0.334 e. The highest BCUT2D eigenvalue weighted by Gasteiger charge is 2.27. The van der Waals surface area contributed by atoms with Crippen LogP contribution in [0.5, 0.6) is 0 Å². The summed E-state index contributed by atoms with van der Waals surface area (Å²) in [7, 11) is 1.56. The third kappa shape index (κ3) is 5.85. The van der Waals surface area contributed by atoms with Crippen molar-refractivity contribution >= 4 is 8.56 Å². The predicted molar refractivity (Wildman–Crippen MR) is 55.8 cm³/mol. The van der Waals surface area contributed by atoms with Gasteiger partial charge in [-0.15, -0.1) is 0 Å². The molecule has 3 nitrogen and oxygen atoms in total. The summed E-state index contributed by atoms with van der Waals surface area (Å²) in [6.07, 6.45) is 4.57. The van der Waals surface area contributed by atoms with Gasteiger partial charge in [0, 0.05) is 14.2 Å². The zero-order chi connectivity index (χ0) is 10.2. The van der Waals surface area contributed by atoms with Gasteiger partial charge < -0.3 is 13.6 Å². The first kappa shape index (κ1) is 12.7. The van der Waals surface area contributed by atoms with Crippen molar-refractivity contribution in [1.82, 2.24) is 0 Å². The molecule has 0 N–H and O–H groups in total. The minimum Gasteiger partial charge on any atom is -0.502 e. The molecule has 0 amide bonds. The van der Waals surface area contributed by atoms with Crippen molar-refractivity contribution in [3.05, 3.63) is 12.3 Å². The standard InChI is InChI=1S/C9H20O3Si/c1-5-7-12-8-6-9-13(4,10-2)11-3/h5,7H,6,8-9H2,1-4H3. The average Bonchev–Trinajstić information content (AvgIpc) is 2.17. The van der Waals surface area contributed by atoms with Gasteiger partial charge in [0.1, 0.15) is 0 Å². The quantitative estimate of drug-likeness (QED) is 0.362. The summed E-state index contributed by atoms with van der Waals surface area (Å²) in [5, 5.41) is 0. The molecule has 0 atom stereocenters. The van der Waals surface area contributed by atoms with E-state index in [4.69, 9.17) is 13.6 Å². The first-order valence-electron chi connectivity index (χ1n) is 4.51. The number of allylic oxidation sites excluding steroid dienone is 1. The van der Waals surface area contributed by atoms with Crippen LogP contribution in [0, 0.1) is 0 Å². The molecule has 0 saturated heterocycles. The van der Waals surface area contributed by atoms with E-state index in [0.29, 0.717) is 0 Å². The van der Waals surface area contributed by atoms with Gasteiger partial charge in [0.05, 0.1) is 12.9 Å². The first-order chi connectivity index (χ1) is 6.18. The van der Waals surface area contributed by atoms with Crippen LogP contribution in [0.4, 0.5) is 0 Å². The fourth-order valence-corrected chi connectivity index (χ4v) is 2.29. The van der Waals surface area contributed by atoms with Gasteiger partial charge in [0.25, 0.3) is 0 Å². The van der Waals surface area contributed by atoms with E-state index in [2.05, 4.69) is 6.55 Å². The zero-order valence-corrected chi connectivity index (χ0v) is 10.0. The summed E-state index contributed by atoms with van der Waals surface area (Å²) in [5.74, 6) is 0. The Morgan fingerprint density at radius 1 is 1.23 bits per heavy atom. The number of ether oxygens (including phenoxy) is 1. The average molecular weight is 204 g/mol. The molecule has 0 radical (unpaired) electrons. The van der Waals surface area contributed by atoms with Crippen molar-refractivity contribution in [3.63, 3.8) is 0 Å². The van der Waals surface area contributed by atoms with Gasteiger partial charge in [0.15, 0.2) is 0 Å². The van der Waals surface area contributed by atoms with Crippen LogP contribution in [0.15, 0.2) is 12.3 Å². The Kier molecular flexibility index (Phi) is 6.94. The largest absolute Gasteiger partial charge is 0.502 e. The van der Waals surface area contributed by atoms with Gasteiger partial charge >= 0.3 is 8.56 Å². The number of hydrogen-bond acceptors (Lipinski definition) is 3. The Labute approximate surface area is 81.9 Å². The van der Waals surface area contributed by atoms with Crippen LogP contribution in [-0.2, 0) is 13.6 Å². The molecular weight excluding hydrogens is 184 g/mol. The molecule has 0 aromatic carbocycles. The van der Waals surface area contributed by atoms with Gasteiger partial charge in [-0.25, -0.2) is 0 Å². The van der Waals surface area contributed by atoms with E-state index in [0.717, 1.165) is 19.1 Å². The summed E-state index contributed by atoms with van der Waals surface area (Å²) >= 11 is 0. The fourth-order valence-electron chi connectivity index (χ4n) is 0.928. The van der Waals surface area contributed by atoms with E-state index in [-0.39, 0.29) is 0 Å². The number of rotatable bonds is 7. The molecule has 0 aromatic rings. The maximum atomic E-state index is 5.34. The first-order valence-corrected chi connectivity index (χ1v) is 7.04. The number of hydrogen-bond donors (Lipinski definition) is 0. The Bertz CT molecular complexity index is 144. The second-order valence-corrected chi connectivity index (χ2v) is 6.57. The summed E-state index contributed by atoms with van der Waals surface area (Å²) in [6.45, 7) is 4.73. The lowest BCUT2D eigenvalue weighted by molar-refractivity contribution is 0.225. The minimum absolute atomic E-state index is 0.736. The van der Waals surface area contributed by atoms with E-state index >= 15 is 0 Å². The summed E-state index contributed by atoms with van der Waals surface area (Å²) < 4.78 is 15.9. The van der Waals surface area contributed by atoms with Crippen molar-refractivity contribution < 1.29 is 13.6 Å². The lowest BCUT2D eigenvalue weighted by Crippen LogP contribution is -2.36. The van der Waals surface area contributed by atoms with Crippen LogP contribution >= 0.6 is 0 Å². The zero-order valence-electron chi connectivity index (χ0n) is 9.00. The van der Waals surface area contributed by atoms with Crippen molar-refractivity contribution in [3.8, 4) is 0 Å². The molecule has 0 spiro atoms. The maximum absolute atomic E-state index is 5.34. The molecule has 4 heteroatoms. The second-order valence-electron chi connectivity index (χ2n) is 2.99. The Hall–Kier alpha value is -0.323. The van der Waals surface area contributed by atoms with Crippen LogP contribution < -0.4 is 0 Å². The SMILES string of the molecule is CC=COCCC[Si](C)(OC)OC. The molecule has 0 fully saturated rings. The molecule has 0 rings (SSSR count). The van der Waals surface area contributed by atoms with Gasteiger partial charge in [0.2, 0.25) is 0 Å². The monoisotopic (exact) mass is 204 g/mol. The third-order valence-electron chi connectivity index (χ3n) is 1.99. The highest BCUT2D eigenvalue weighted by Crippen LogP contribution is 2.13. The third-order valence-corrected chi connectivity index (χ3v) is 4.98. The summed E-state index contributed by atoms with van der Waals surface area (Å²) in [6, 6.07) is 0.970. The molecule has 0 saturated carbocycles. The molecule has 13 heavy (non-hydrogen) atoms. The van der Waals surface area contributed by atoms with Gasteiger partial charge in [-0.2, -0.15) is 0 Å².